The van der Waals surface area contributed by atoms with Gasteiger partial charge in [0.1, 0.15) is 5.25 Å². The van der Waals surface area contributed by atoms with E-state index in [-0.39, 0.29) is 24.6 Å². The molecule has 2 N–H and O–H groups in total. The first-order chi connectivity index (χ1) is 6.79. The lowest BCUT2D eigenvalue weighted by Gasteiger charge is -2.19. The normalized spacial score (nSPS) is 16.7. The lowest BCUT2D eigenvalue weighted by molar-refractivity contribution is -0.130. The summed E-state index contributed by atoms with van der Waals surface area (Å²) in [5, 5.41) is -1.76. The smallest absolute Gasteiger partial charge is 0.330 e. The van der Waals surface area contributed by atoms with Crippen LogP contribution in [0.25, 0.3) is 0 Å². The van der Waals surface area contributed by atoms with Crippen LogP contribution in [-0.2, 0) is 10.8 Å². The van der Waals surface area contributed by atoms with E-state index in [2.05, 4.69) is 0 Å². The summed E-state index contributed by atoms with van der Waals surface area (Å²) < 4.78 is 48.7. The van der Waals surface area contributed by atoms with Gasteiger partial charge in [0.2, 0.25) is 0 Å². The predicted molar refractivity (Wildman–Crippen MR) is 56.0 cm³/mol. The van der Waals surface area contributed by atoms with Crippen molar-refractivity contribution in [1.29, 1.82) is 0 Å². The van der Waals surface area contributed by atoms with Gasteiger partial charge in [-0.25, -0.2) is 0 Å². The van der Waals surface area contributed by atoms with Crippen molar-refractivity contribution in [3.63, 3.8) is 0 Å². The molecule has 6 heteroatoms. The molecule has 92 valence electrons. The molecule has 0 saturated heterocycles. The number of halogens is 3. The van der Waals surface area contributed by atoms with Gasteiger partial charge in [-0.1, -0.05) is 13.8 Å². The van der Waals surface area contributed by atoms with Gasteiger partial charge in [0.05, 0.1) is 0 Å². The van der Waals surface area contributed by atoms with E-state index in [1.54, 1.807) is 0 Å². The minimum atomic E-state index is -4.40. The average molecular weight is 245 g/mol. The van der Waals surface area contributed by atoms with Gasteiger partial charge in [-0.05, 0) is 25.3 Å². The van der Waals surface area contributed by atoms with Crippen LogP contribution in [0, 0.1) is 5.92 Å². The molecular formula is C9H18F3NOS. The van der Waals surface area contributed by atoms with Crippen molar-refractivity contribution in [3.8, 4) is 0 Å². The van der Waals surface area contributed by atoms with Gasteiger partial charge in [0.15, 0.2) is 0 Å². The Morgan fingerprint density at radius 2 is 1.80 bits per heavy atom. The summed E-state index contributed by atoms with van der Waals surface area (Å²) in [5.74, 6) is 0.364. The molecule has 0 saturated carbocycles. The molecule has 2 atom stereocenters. The Morgan fingerprint density at radius 1 is 1.27 bits per heavy atom. The Kier molecular flexibility index (Phi) is 6.43. The second kappa shape index (κ2) is 6.48. The Morgan fingerprint density at radius 3 is 2.13 bits per heavy atom. The molecule has 0 aliphatic heterocycles. The van der Waals surface area contributed by atoms with Crippen LogP contribution in [0.5, 0.6) is 0 Å². The van der Waals surface area contributed by atoms with Gasteiger partial charge < -0.3 is 5.73 Å². The fraction of sp³-hybridized carbons (Fsp3) is 1.00. The Bertz CT molecular complexity index is 206. The molecule has 0 aliphatic carbocycles. The highest BCUT2D eigenvalue weighted by molar-refractivity contribution is 7.85. The zero-order chi connectivity index (χ0) is 12.1. The van der Waals surface area contributed by atoms with Crippen LogP contribution in [-0.4, -0.2) is 27.9 Å². The molecule has 0 aliphatic rings. The van der Waals surface area contributed by atoms with Crippen molar-refractivity contribution in [2.75, 3.05) is 12.3 Å². The van der Waals surface area contributed by atoms with Gasteiger partial charge in [0, 0.05) is 16.6 Å². The standard InChI is InChI=1S/C9H18F3NOS/c1-7(2)4-6-15(14)8(3-5-13)9(10,11)12/h7-8H,3-6,13H2,1-2H3. The first kappa shape index (κ1) is 14.9. The molecule has 2 unspecified atom stereocenters. The number of hydrogen-bond acceptors (Lipinski definition) is 2. The lowest BCUT2D eigenvalue weighted by atomic mass is 10.2. The van der Waals surface area contributed by atoms with Crippen molar-refractivity contribution in [2.24, 2.45) is 11.7 Å². The van der Waals surface area contributed by atoms with E-state index < -0.39 is 22.2 Å². The van der Waals surface area contributed by atoms with Crippen molar-refractivity contribution in [1.82, 2.24) is 0 Å². The SMILES string of the molecule is CC(C)CCS(=O)C(CCN)C(F)(F)F. The van der Waals surface area contributed by atoms with Crippen molar-refractivity contribution < 1.29 is 17.4 Å². The van der Waals surface area contributed by atoms with E-state index in [0.717, 1.165) is 0 Å². The maximum Gasteiger partial charge on any atom is 0.403 e. The monoisotopic (exact) mass is 245 g/mol. The number of alkyl halides is 3. The maximum atomic E-state index is 12.4. The molecule has 0 heterocycles. The van der Waals surface area contributed by atoms with Gasteiger partial charge in [0.25, 0.3) is 0 Å². The van der Waals surface area contributed by atoms with Crippen LogP contribution in [0.3, 0.4) is 0 Å². The molecular weight excluding hydrogens is 227 g/mol. The predicted octanol–water partition coefficient (Wildman–Crippen LogP) is 2.06. The molecule has 0 amide bonds. The van der Waals surface area contributed by atoms with E-state index in [1.807, 2.05) is 13.8 Å². The molecule has 15 heavy (non-hydrogen) atoms. The number of rotatable bonds is 6. The third-order valence-corrected chi connectivity index (χ3v) is 3.78. The third-order valence-electron chi connectivity index (χ3n) is 2.01. The van der Waals surface area contributed by atoms with Gasteiger partial charge >= 0.3 is 6.18 Å². The first-order valence-electron chi connectivity index (χ1n) is 4.93. The lowest BCUT2D eigenvalue weighted by Crippen LogP contribution is -2.36. The molecule has 0 fully saturated rings. The van der Waals surface area contributed by atoms with Crippen molar-refractivity contribution in [3.05, 3.63) is 0 Å². The second-order valence-corrected chi connectivity index (χ2v) is 5.61. The van der Waals surface area contributed by atoms with Crippen LogP contribution in [0.1, 0.15) is 26.7 Å². The Hall–Kier alpha value is -0.100. The minimum absolute atomic E-state index is 0.0857. The van der Waals surface area contributed by atoms with Crippen LogP contribution in [0.15, 0.2) is 0 Å². The van der Waals surface area contributed by atoms with E-state index >= 15 is 0 Å². The molecule has 0 radical (unpaired) electrons. The Labute approximate surface area is 90.9 Å². The highest BCUT2D eigenvalue weighted by atomic mass is 32.2. The summed E-state index contributed by atoms with van der Waals surface area (Å²) in [6.45, 7) is 3.70. The average Bonchev–Trinajstić information content (AvgIpc) is 2.08. The fourth-order valence-corrected chi connectivity index (χ4v) is 2.77. The first-order valence-corrected chi connectivity index (χ1v) is 6.31. The maximum absolute atomic E-state index is 12.4. The van der Waals surface area contributed by atoms with Crippen molar-refractivity contribution in [2.45, 2.75) is 38.1 Å². The van der Waals surface area contributed by atoms with Gasteiger partial charge in [-0.2, -0.15) is 13.2 Å². The topological polar surface area (TPSA) is 43.1 Å². The molecule has 0 bridgehead atoms. The highest BCUT2D eigenvalue weighted by Crippen LogP contribution is 2.27. The van der Waals surface area contributed by atoms with Crippen LogP contribution in [0.4, 0.5) is 13.2 Å². The zero-order valence-corrected chi connectivity index (χ0v) is 9.83. The van der Waals surface area contributed by atoms with E-state index in [4.69, 9.17) is 5.73 Å². The highest BCUT2D eigenvalue weighted by Gasteiger charge is 2.42. The van der Waals surface area contributed by atoms with Crippen LogP contribution in [0.2, 0.25) is 0 Å². The summed E-state index contributed by atoms with van der Waals surface area (Å²) >= 11 is 0. The quantitative estimate of drug-likeness (QED) is 0.778. The van der Waals surface area contributed by atoms with Crippen LogP contribution < -0.4 is 5.73 Å². The van der Waals surface area contributed by atoms with Gasteiger partial charge in [-0.15, -0.1) is 0 Å². The Balaban J connectivity index is 4.30. The molecule has 0 aromatic rings. The van der Waals surface area contributed by atoms with E-state index in [0.29, 0.717) is 6.42 Å². The molecule has 0 rings (SSSR count). The largest absolute Gasteiger partial charge is 0.403 e. The minimum Gasteiger partial charge on any atom is -0.330 e. The van der Waals surface area contributed by atoms with Crippen molar-refractivity contribution >= 4 is 10.8 Å². The summed E-state index contributed by atoms with van der Waals surface area (Å²) in [6, 6.07) is 0. The summed E-state index contributed by atoms with van der Waals surface area (Å²) in [5.41, 5.74) is 5.09. The summed E-state index contributed by atoms with van der Waals surface area (Å²) in [6.07, 6.45) is -4.11. The number of nitrogens with two attached hydrogens (primary N) is 1. The molecule has 0 spiro atoms. The summed E-state index contributed by atoms with van der Waals surface area (Å²) in [4.78, 5) is 0. The van der Waals surface area contributed by atoms with Gasteiger partial charge in [-0.3, -0.25) is 4.21 Å². The third kappa shape index (κ3) is 6.14. The van der Waals surface area contributed by atoms with E-state index in [9.17, 15) is 17.4 Å². The summed E-state index contributed by atoms with van der Waals surface area (Å²) in [7, 11) is -1.85. The van der Waals surface area contributed by atoms with Crippen LogP contribution >= 0.6 is 0 Å². The zero-order valence-electron chi connectivity index (χ0n) is 9.01. The second-order valence-electron chi connectivity index (χ2n) is 3.87. The molecule has 2 nitrogen and oxygen atoms in total. The number of hydrogen-bond donors (Lipinski definition) is 1. The fourth-order valence-electron chi connectivity index (χ4n) is 1.09. The van der Waals surface area contributed by atoms with E-state index in [1.165, 1.54) is 0 Å². The molecule has 0 aromatic carbocycles. The molecule has 0 aromatic heterocycles.